The van der Waals surface area contributed by atoms with Crippen LogP contribution in [0.4, 0.5) is 10.1 Å². The van der Waals surface area contributed by atoms with E-state index in [-0.39, 0.29) is 16.5 Å². The summed E-state index contributed by atoms with van der Waals surface area (Å²) in [4.78, 5) is 28.7. The molecule has 0 unspecified atom stereocenters. The summed E-state index contributed by atoms with van der Waals surface area (Å²) < 4.78 is 40.4. The second kappa shape index (κ2) is 9.85. The van der Waals surface area contributed by atoms with Crippen LogP contribution in [0, 0.1) is 11.7 Å². The van der Waals surface area contributed by atoms with Gasteiger partial charge in [0.2, 0.25) is 5.91 Å². The number of halogens is 1. The lowest BCUT2D eigenvalue weighted by molar-refractivity contribution is -0.121. The molecule has 8 nitrogen and oxygen atoms in total. The molecule has 13 heteroatoms. The molecule has 1 N–H and O–H groups in total. The van der Waals surface area contributed by atoms with E-state index in [1.165, 1.54) is 10.7 Å². The van der Waals surface area contributed by atoms with Crippen molar-refractivity contribution in [3.05, 3.63) is 77.4 Å². The first-order valence-corrected chi connectivity index (χ1v) is 13.9. The Labute approximate surface area is 218 Å². The molecule has 0 aliphatic carbocycles. The van der Waals surface area contributed by atoms with Crippen molar-refractivity contribution >= 4 is 50.9 Å². The molecule has 2 amide bonds. The van der Waals surface area contributed by atoms with Crippen molar-refractivity contribution in [3.8, 4) is 0 Å². The Kier molecular flexibility index (Phi) is 7.11. The van der Waals surface area contributed by atoms with Crippen LogP contribution in [0.25, 0.3) is 0 Å². The second-order valence-corrected chi connectivity index (χ2v) is 12.6. The molecular weight excluding hydrogens is 492 g/mol. The molecule has 0 saturated carbocycles. The molecular formula is C24H28B3FN4O4S. The van der Waals surface area contributed by atoms with Gasteiger partial charge < -0.3 is 10.2 Å². The number of hydrogen-bond donors (Lipinski definition) is 1. The molecule has 4 rings (SSSR count). The highest BCUT2D eigenvalue weighted by Gasteiger charge is 2.41. The Morgan fingerprint density at radius 2 is 1.86 bits per heavy atom. The Bertz CT molecular complexity index is 1460. The summed E-state index contributed by atoms with van der Waals surface area (Å²) >= 11 is 0. The molecule has 37 heavy (non-hydrogen) atoms. The number of rotatable bonds is 6. The van der Waals surface area contributed by atoms with Gasteiger partial charge in [-0.15, -0.1) is 0 Å². The number of carbonyl (C=O) groups excluding carboxylic acids is 2. The lowest BCUT2D eigenvalue weighted by atomic mass is 9.48. The van der Waals surface area contributed by atoms with E-state index in [2.05, 4.69) is 10.4 Å². The topological polar surface area (TPSA) is 101 Å². The summed E-state index contributed by atoms with van der Waals surface area (Å²) in [5.41, 5.74) is 1.79. The fraction of sp³-hybridized carbons (Fsp3) is 0.292. The third-order valence-corrected chi connectivity index (χ3v) is 7.50. The van der Waals surface area contributed by atoms with E-state index in [0.717, 1.165) is 18.0 Å². The van der Waals surface area contributed by atoms with E-state index in [9.17, 15) is 22.4 Å². The standard InChI is InChI=1S/C24H28B3FN4O4S/c1-14-10-16-11-17(37(2,35)36)8-9-19(16)32(24(25,26)27)23(34)20(14)29-22(33)21-18(28)13-31(30-21)12-15-6-4-3-5-7-15/h3-9,11,13-14,20H,10,12,25-27H2,1-2H3,(H,29,33)/t14-,20-/m1/s1. The van der Waals surface area contributed by atoms with Gasteiger partial charge >= 0.3 is 0 Å². The van der Waals surface area contributed by atoms with E-state index < -0.39 is 38.8 Å². The van der Waals surface area contributed by atoms with Crippen molar-refractivity contribution in [2.45, 2.75) is 36.1 Å². The molecule has 1 aliphatic rings. The number of nitrogens with zero attached hydrogens (tertiary/aromatic N) is 3. The van der Waals surface area contributed by atoms with Crippen molar-refractivity contribution < 1.29 is 22.4 Å². The molecule has 1 aromatic heterocycles. The molecule has 2 aromatic carbocycles. The number of benzene rings is 2. The van der Waals surface area contributed by atoms with Gasteiger partial charge in [0.1, 0.15) is 29.6 Å². The van der Waals surface area contributed by atoms with E-state index in [4.69, 9.17) is 0 Å². The van der Waals surface area contributed by atoms with Crippen molar-refractivity contribution in [1.29, 1.82) is 0 Å². The summed E-state index contributed by atoms with van der Waals surface area (Å²) in [6.45, 7) is 2.09. The van der Waals surface area contributed by atoms with Gasteiger partial charge in [-0.1, -0.05) is 37.3 Å². The van der Waals surface area contributed by atoms with Gasteiger partial charge in [-0.25, -0.2) is 12.8 Å². The number of carbonyl (C=O) groups is 2. The maximum absolute atomic E-state index is 14.7. The molecule has 0 fully saturated rings. The molecule has 190 valence electrons. The van der Waals surface area contributed by atoms with E-state index in [1.54, 1.807) is 24.0 Å². The van der Waals surface area contributed by atoms with Crippen LogP contribution in [0.1, 0.15) is 28.5 Å². The van der Waals surface area contributed by atoms with Crippen LogP contribution in [0.15, 0.2) is 59.6 Å². The highest BCUT2D eigenvalue weighted by Crippen LogP contribution is 2.34. The number of amides is 2. The van der Waals surface area contributed by atoms with E-state index >= 15 is 0 Å². The quantitative estimate of drug-likeness (QED) is 0.434. The Balaban J connectivity index is 1.64. The SMILES string of the molecule is BC(B)(B)N1C(=O)[C@H](NC(=O)c2nn(Cc3ccccc3)cc2F)[C@H](C)Cc2cc(S(C)(=O)=O)ccc21. The van der Waals surface area contributed by atoms with Crippen LogP contribution in [-0.4, -0.2) is 71.1 Å². The monoisotopic (exact) mass is 520 g/mol. The predicted octanol–water partition coefficient (Wildman–Crippen LogP) is -0.692. The van der Waals surface area contributed by atoms with Crippen LogP contribution < -0.4 is 10.2 Å². The summed E-state index contributed by atoms with van der Waals surface area (Å²) in [6.07, 6.45) is 2.63. The Morgan fingerprint density at radius 3 is 2.49 bits per heavy atom. The van der Waals surface area contributed by atoms with E-state index in [0.29, 0.717) is 24.2 Å². The van der Waals surface area contributed by atoms with Gasteiger partial charge in [-0.2, -0.15) is 5.10 Å². The summed E-state index contributed by atoms with van der Waals surface area (Å²) in [6, 6.07) is 13.1. The third kappa shape index (κ3) is 5.66. The minimum Gasteiger partial charge on any atom is -0.338 e. The minimum absolute atomic E-state index is 0.160. The summed E-state index contributed by atoms with van der Waals surface area (Å²) in [5.74, 6) is -2.32. The summed E-state index contributed by atoms with van der Waals surface area (Å²) in [7, 11) is 2.13. The first kappa shape index (κ1) is 26.7. The highest BCUT2D eigenvalue weighted by molar-refractivity contribution is 7.90. The molecule has 2 atom stereocenters. The van der Waals surface area contributed by atoms with Crippen LogP contribution >= 0.6 is 0 Å². The molecule has 3 aromatic rings. The Morgan fingerprint density at radius 1 is 1.19 bits per heavy atom. The number of sulfone groups is 1. The molecule has 0 saturated heterocycles. The lowest BCUT2D eigenvalue weighted by Crippen LogP contribution is -2.60. The first-order chi connectivity index (χ1) is 17.3. The number of nitrogens with one attached hydrogen (secondary N) is 1. The fourth-order valence-electron chi connectivity index (χ4n) is 4.65. The first-order valence-electron chi connectivity index (χ1n) is 12.0. The van der Waals surface area contributed by atoms with E-state index in [1.807, 2.05) is 53.9 Å². The molecule has 1 aliphatic heterocycles. The van der Waals surface area contributed by atoms with Gasteiger partial charge in [-0.05, 0) is 46.9 Å². The Hall–Kier alpha value is -3.34. The fourth-order valence-corrected chi connectivity index (χ4v) is 5.32. The van der Waals surface area contributed by atoms with Crippen LogP contribution in [-0.2, 0) is 27.6 Å². The molecule has 0 radical (unpaired) electrons. The van der Waals surface area contributed by atoms with Gasteiger partial charge in [0.05, 0.1) is 17.6 Å². The average Bonchev–Trinajstić information content (AvgIpc) is 3.12. The number of anilines is 1. The lowest BCUT2D eigenvalue weighted by Gasteiger charge is -2.38. The van der Waals surface area contributed by atoms with Crippen LogP contribution in [0.2, 0.25) is 0 Å². The van der Waals surface area contributed by atoms with Crippen molar-refractivity contribution in [1.82, 2.24) is 15.1 Å². The molecule has 2 heterocycles. The normalized spacial score (nSPS) is 18.2. The second-order valence-electron chi connectivity index (χ2n) is 10.5. The van der Waals surface area contributed by atoms with Gasteiger partial charge in [0.15, 0.2) is 21.3 Å². The van der Waals surface area contributed by atoms with Crippen molar-refractivity contribution in [2.24, 2.45) is 5.92 Å². The average molecular weight is 520 g/mol. The number of hydrogen-bond acceptors (Lipinski definition) is 5. The maximum atomic E-state index is 14.7. The zero-order valence-corrected chi connectivity index (χ0v) is 22.3. The largest absolute Gasteiger partial charge is 0.338 e. The molecule has 0 spiro atoms. The summed E-state index contributed by atoms with van der Waals surface area (Å²) in [5, 5.41) is 6.17. The van der Waals surface area contributed by atoms with Crippen LogP contribution in [0.5, 0.6) is 0 Å². The maximum Gasteiger partial charge on any atom is 0.275 e. The number of aromatic nitrogens is 2. The van der Waals surface area contributed by atoms with Gasteiger partial charge in [0, 0.05) is 11.9 Å². The zero-order valence-electron chi connectivity index (χ0n) is 21.5. The third-order valence-electron chi connectivity index (χ3n) is 6.39. The zero-order chi connectivity index (χ0) is 27.1. The smallest absolute Gasteiger partial charge is 0.275 e. The van der Waals surface area contributed by atoms with Gasteiger partial charge in [-0.3, -0.25) is 14.3 Å². The predicted molar refractivity (Wildman–Crippen MR) is 147 cm³/mol. The number of fused-ring (bicyclic) bond motifs is 1. The van der Waals surface area contributed by atoms with Crippen molar-refractivity contribution in [3.63, 3.8) is 0 Å². The molecule has 0 bridgehead atoms. The van der Waals surface area contributed by atoms with Crippen LogP contribution in [0.3, 0.4) is 0 Å². The van der Waals surface area contributed by atoms with Gasteiger partial charge in [0.25, 0.3) is 5.91 Å². The minimum atomic E-state index is -3.45. The highest BCUT2D eigenvalue weighted by atomic mass is 32.2. The van der Waals surface area contributed by atoms with Crippen molar-refractivity contribution in [2.75, 3.05) is 11.2 Å².